The van der Waals surface area contributed by atoms with E-state index in [4.69, 9.17) is 0 Å². The zero-order valence-electron chi connectivity index (χ0n) is 14.7. The van der Waals surface area contributed by atoms with Gasteiger partial charge in [-0.2, -0.15) is 0 Å². The van der Waals surface area contributed by atoms with Gasteiger partial charge < -0.3 is 5.32 Å². The molecular weight excluding hydrogens is 338 g/mol. The van der Waals surface area contributed by atoms with Gasteiger partial charge in [-0.15, -0.1) is 0 Å². The molecule has 25 heavy (non-hydrogen) atoms. The zero-order valence-corrected chi connectivity index (χ0v) is 15.5. The van der Waals surface area contributed by atoms with E-state index >= 15 is 0 Å². The summed E-state index contributed by atoms with van der Waals surface area (Å²) in [5, 5.41) is 2.76. The number of amides is 1. The van der Waals surface area contributed by atoms with Crippen molar-refractivity contribution in [2.75, 3.05) is 17.1 Å². The van der Waals surface area contributed by atoms with E-state index in [1.54, 1.807) is 24.5 Å². The number of para-hydroxylation sites is 1. The fourth-order valence-electron chi connectivity index (χ4n) is 2.61. The van der Waals surface area contributed by atoms with E-state index < -0.39 is 10.0 Å². The van der Waals surface area contributed by atoms with E-state index in [-0.39, 0.29) is 12.5 Å². The van der Waals surface area contributed by atoms with Gasteiger partial charge in [-0.3, -0.25) is 14.1 Å². The third-order valence-corrected chi connectivity index (χ3v) is 4.99. The third-order valence-electron chi connectivity index (χ3n) is 3.88. The molecule has 0 aliphatic heterocycles. The third kappa shape index (κ3) is 5.03. The molecule has 2 rings (SSSR count). The Hall–Kier alpha value is -2.41. The van der Waals surface area contributed by atoms with Gasteiger partial charge in [0.2, 0.25) is 15.9 Å². The van der Waals surface area contributed by atoms with E-state index in [1.807, 2.05) is 32.0 Å². The first kappa shape index (κ1) is 18.9. The number of carbonyl (C=O) groups is 1. The molecule has 1 aromatic heterocycles. The fourth-order valence-corrected chi connectivity index (χ4v) is 3.56. The molecule has 134 valence electrons. The highest BCUT2D eigenvalue weighted by atomic mass is 32.2. The van der Waals surface area contributed by atoms with E-state index in [2.05, 4.69) is 10.3 Å². The van der Waals surface area contributed by atoms with Crippen molar-refractivity contribution in [2.24, 2.45) is 0 Å². The number of sulfonamides is 1. The number of aryl methyl sites for hydroxylation is 2. The van der Waals surface area contributed by atoms with Crippen molar-refractivity contribution in [1.82, 2.24) is 10.3 Å². The molecule has 0 unspecified atom stereocenters. The highest BCUT2D eigenvalue weighted by molar-refractivity contribution is 7.92. The van der Waals surface area contributed by atoms with Crippen LogP contribution in [0.5, 0.6) is 0 Å². The summed E-state index contributed by atoms with van der Waals surface area (Å²) in [7, 11) is -3.59. The molecule has 0 radical (unpaired) electrons. The second-order valence-electron chi connectivity index (χ2n) is 5.84. The van der Waals surface area contributed by atoms with Gasteiger partial charge in [-0.25, -0.2) is 8.42 Å². The summed E-state index contributed by atoms with van der Waals surface area (Å²) < 4.78 is 25.8. The average Bonchev–Trinajstić information content (AvgIpc) is 2.58. The van der Waals surface area contributed by atoms with Gasteiger partial charge in [0, 0.05) is 18.9 Å². The van der Waals surface area contributed by atoms with Crippen molar-refractivity contribution in [3.8, 4) is 0 Å². The number of hydrogen-bond acceptors (Lipinski definition) is 4. The van der Waals surface area contributed by atoms with Crippen LogP contribution in [0.15, 0.2) is 42.7 Å². The molecule has 0 aliphatic carbocycles. The van der Waals surface area contributed by atoms with Crippen molar-refractivity contribution in [1.29, 1.82) is 0 Å². The van der Waals surface area contributed by atoms with Crippen LogP contribution in [0.4, 0.5) is 5.69 Å². The van der Waals surface area contributed by atoms with Crippen LogP contribution >= 0.6 is 0 Å². The summed E-state index contributed by atoms with van der Waals surface area (Å²) in [5.74, 6) is -0.354. The minimum Gasteiger partial charge on any atom is -0.350 e. The first-order valence-corrected chi connectivity index (χ1v) is 9.89. The van der Waals surface area contributed by atoms with Crippen LogP contribution in [-0.2, 0) is 27.8 Å². The van der Waals surface area contributed by atoms with Crippen molar-refractivity contribution in [2.45, 2.75) is 26.8 Å². The number of hydrogen-bond donors (Lipinski definition) is 1. The number of rotatable bonds is 7. The second kappa shape index (κ2) is 8.11. The summed E-state index contributed by atoms with van der Waals surface area (Å²) in [6.07, 6.45) is 5.09. The van der Waals surface area contributed by atoms with Crippen LogP contribution in [0.1, 0.15) is 23.6 Å². The highest BCUT2D eigenvalue weighted by Gasteiger charge is 2.24. The summed E-state index contributed by atoms with van der Waals surface area (Å²) in [6.45, 7) is 3.89. The summed E-state index contributed by atoms with van der Waals surface area (Å²) >= 11 is 0. The van der Waals surface area contributed by atoms with Gasteiger partial charge in [-0.1, -0.05) is 25.1 Å². The molecule has 0 atom stereocenters. The normalized spacial score (nSPS) is 11.2. The Morgan fingerprint density at radius 2 is 1.88 bits per heavy atom. The molecule has 0 spiro atoms. The molecule has 0 saturated carbocycles. The standard InChI is InChI=1S/C18H23N3O3S/c1-4-16-7-5-6-14(2)18(16)21(25(3,23)24)13-17(22)20-12-15-8-10-19-11-9-15/h5-11H,4,12-13H2,1-3H3,(H,20,22). The lowest BCUT2D eigenvalue weighted by atomic mass is 10.1. The molecule has 0 bridgehead atoms. The Morgan fingerprint density at radius 3 is 2.48 bits per heavy atom. The lowest BCUT2D eigenvalue weighted by Gasteiger charge is -2.26. The SMILES string of the molecule is CCc1cccc(C)c1N(CC(=O)NCc1ccncc1)S(C)(=O)=O. The van der Waals surface area contributed by atoms with E-state index in [9.17, 15) is 13.2 Å². The fraction of sp³-hybridized carbons (Fsp3) is 0.333. The molecule has 1 N–H and O–H groups in total. The number of pyridine rings is 1. The Labute approximate surface area is 148 Å². The Bertz CT molecular complexity index is 836. The highest BCUT2D eigenvalue weighted by Crippen LogP contribution is 2.27. The van der Waals surface area contributed by atoms with Gasteiger partial charge in [0.05, 0.1) is 11.9 Å². The van der Waals surface area contributed by atoms with Crippen LogP contribution in [0.2, 0.25) is 0 Å². The molecule has 0 fully saturated rings. The van der Waals surface area contributed by atoms with Crippen LogP contribution in [0, 0.1) is 6.92 Å². The summed E-state index contributed by atoms with van der Waals surface area (Å²) in [6, 6.07) is 9.22. The maximum Gasteiger partial charge on any atom is 0.241 e. The van der Waals surface area contributed by atoms with Gasteiger partial charge in [-0.05, 0) is 42.2 Å². The van der Waals surface area contributed by atoms with Crippen LogP contribution < -0.4 is 9.62 Å². The Morgan fingerprint density at radius 1 is 1.20 bits per heavy atom. The molecule has 6 nitrogen and oxygen atoms in total. The molecule has 1 amide bonds. The molecular formula is C18H23N3O3S. The number of anilines is 1. The zero-order chi connectivity index (χ0) is 18.4. The predicted octanol–water partition coefficient (Wildman–Crippen LogP) is 2.03. The topological polar surface area (TPSA) is 79.4 Å². The molecule has 0 aliphatic rings. The van der Waals surface area contributed by atoms with Gasteiger partial charge in [0.25, 0.3) is 0 Å². The molecule has 1 heterocycles. The molecule has 1 aromatic carbocycles. The Balaban J connectivity index is 2.21. The monoisotopic (exact) mass is 361 g/mol. The van der Waals surface area contributed by atoms with Gasteiger partial charge in [0.15, 0.2) is 0 Å². The minimum absolute atomic E-state index is 0.248. The lowest BCUT2D eigenvalue weighted by Crippen LogP contribution is -2.41. The minimum atomic E-state index is -3.59. The number of carbonyl (C=O) groups excluding carboxylic acids is 1. The molecule has 0 saturated heterocycles. The van der Waals surface area contributed by atoms with E-state index in [1.165, 1.54) is 4.31 Å². The number of aromatic nitrogens is 1. The Kier molecular flexibility index (Phi) is 6.14. The summed E-state index contributed by atoms with van der Waals surface area (Å²) in [5.41, 5.74) is 3.21. The van der Waals surface area contributed by atoms with Crippen LogP contribution in [0.25, 0.3) is 0 Å². The number of benzene rings is 1. The van der Waals surface area contributed by atoms with Gasteiger partial charge in [0.1, 0.15) is 6.54 Å². The quantitative estimate of drug-likeness (QED) is 0.818. The van der Waals surface area contributed by atoms with Crippen LogP contribution in [0.3, 0.4) is 0 Å². The number of nitrogens with zero attached hydrogens (tertiary/aromatic N) is 2. The predicted molar refractivity (Wildman–Crippen MR) is 98.8 cm³/mol. The van der Waals surface area contributed by atoms with E-state index in [0.717, 1.165) is 22.9 Å². The smallest absolute Gasteiger partial charge is 0.241 e. The maximum atomic E-state index is 12.3. The maximum absolute atomic E-state index is 12.3. The lowest BCUT2D eigenvalue weighted by molar-refractivity contribution is -0.119. The molecule has 2 aromatic rings. The second-order valence-corrected chi connectivity index (χ2v) is 7.74. The largest absolute Gasteiger partial charge is 0.350 e. The number of nitrogens with one attached hydrogen (secondary N) is 1. The average molecular weight is 361 g/mol. The first-order valence-electron chi connectivity index (χ1n) is 8.04. The summed E-state index contributed by atoms with van der Waals surface area (Å²) in [4.78, 5) is 16.2. The van der Waals surface area contributed by atoms with Crippen molar-refractivity contribution >= 4 is 21.6 Å². The van der Waals surface area contributed by atoms with Crippen molar-refractivity contribution < 1.29 is 13.2 Å². The van der Waals surface area contributed by atoms with Gasteiger partial charge >= 0.3 is 0 Å². The van der Waals surface area contributed by atoms with Crippen molar-refractivity contribution in [3.05, 3.63) is 59.4 Å². The first-order chi connectivity index (χ1) is 11.8. The van der Waals surface area contributed by atoms with Crippen LogP contribution in [-0.4, -0.2) is 32.1 Å². The van der Waals surface area contributed by atoms with E-state index in [0.29, 0.717) is 18.7 Å². The molecule has 7 heteroatoms. The van der Waals surface area contributed by atoms with Crippen molar-refractivity contribution in [3.63, 3.8) is 0 Å².